The first-order valence-corrected chi connectivity index (χ1v) is 27.7. The number of pyridine rings is 1. The summed E-state index contributed by atoms with van der Waals surface area (Å²) in [6, 6.07) is 18.7. The van der Waals surface area contributed by atoms with Crippen molar-refractivity contribution in [1.29, 1.82) is 0 Å². The van der Waals surface area contributed by atoms with E-state index in [0.29, 0.717) is 46.0 Å². The van der Waals surface area contributed by atoms with Crippen molar-refractivity contribution >= 4 is 56.5 Å². The molecule has 5 atom stereocenters. The minimum absolute atomic E-state index is 0.00422. The van der Waals surface area contributed by atoms with Crippen molar-refractivity contribution < 1.29 is 64.5 Å². The van der Waals surface area contributed by atoms with Crippen LogP contribution in [-0.4, -0.2) is 145 Å². The van der Waals surface area contributed by atoms with Gasteiger partial charge in [-0.15, -0.1) is 11.3 Å². The SMILES string of the molecule is Cc1cc([C@H](CCOCCOCCOCCOc2ccc(-c3cnc4[nH]cc(C(=O)c5c(F)ccc(N(N6CC[C@@H](F)C6)[SH](=O)=O)c5F)c4c3)cc2)C(=O)N2C[C@H](O)C[C@H]2C(=O)N[C@@H](C)c2ccc(-c3scnc3C)cc2)on1. The molecule has 2 saturated heterocycles. The van der Waals surface area contributed by atoms with Crippen LogP contribution in [0.2, 0.25) is 0 Å². The van der Waals surface area contributed by atoms with Crippen molar-refractivity contribution in [3.05, 3.63) is 136 Å². The summed E-state index contributed by atoms with van der Waals surface area (Å²) in [5.74, 6) is -4.29. The molecule has 0 radical (unpaired) electrons. The number of fused-ring (bicyclic) bond motifs is 1. The molecule has 3 aromatic carbocycles. The molecule has 2 aliphatic rings. The predicted octanol–water partition coefficient (Wildman–Crippen LogP) is 7.20. The number of ether oxygens (including phenoxy) is 4. The summed E-state index contributed by atoms with van der Waals surface area (Å²) in [7, 11) is -3.50. The number of thiazole rings is 1. The van der Waals surface area contributed by atoms with Gasteiger partial charge in [0.15, 0.2) is 5.82 Å². The average Bonchev–Trinajstić information content (AvgIpc) is 4.34. The number of ketones is 1. The first-order valence-electron chi connectivity index (χ1n) is 25.7. The van der Waals surface area contributed by atoms with Crippen molar-refractivity contribution in [1.82, 2.24) is 35.3 Å². The Labute approximate surface area is 458 Å². The molecule has 0 spiro atoms. The molecule has 4 aromatic heterocycles. The lowest BCUT2D eigenvalue weighted by Gasteiger charge is -2.28. The van der Waals surface area contributed by atoms with Crippen LogP contribution in [0.25, 0.3) is 32.6 Å². The van der Waals surface area contributed by atoms with Crippen LogP contribution >= 0.6 is 11.3 Å². The standard InChI is InChI=1S/C55H59F3N8O11S2/c1-32-24-48(77-63-32)42(55(70)65-30-40(67)26-47(65)54(69)62-33(2)35-4-6-37(7-5-35)52-34(3)61-31-78-52)15-17-73-18-19-74-20-21-75-22-23-76-41-10-8-36(9-11-41)38-25-43-44(28-60-53(43)59-27-38)51(68)49-45(57)12-13-46(50(49)58)66(79(71)72)64-16-14-39(56)29-64/h4-13,24-25,27-28,31,33,39-40,42,47,67,79H,14-23,26,29-30H2,1-3H3,(H,59,60)(H,62,69)/t33-,39+,40+,42-,47-/m0/s1. The highest BCUT2D eigenvalue weighted by atomic mass is 32.2. The van der Waals surface area contributed by atoms with Gasteiger partial charge in [-0.25, -0.2) is 36.6 Å². The molecule has 24 heteroatoms. The van der Waals surface area contributed by atoms with Gasteiger partial charge >= 0.3 is 0 Å². The van der Waals surface area contributed by atoms with Crippen LogP contribution in [0, 0.1) is 25.5 Å². The largest absolute Gasteiger partial charge is 0.491 e. The number of benzene rings is 3. The Bertz CT molecular complexity index is 3330. The number of hydrogen-bond acceptors (Lipinski definition) is 16. The van der Waals surface area contributed by atoms with E-state index in [9.17, 15) is 32.3 Å². The minimum atomic E-state index is -3.50. The van der Waals surface area contributed by atoms with Gasteiger partial charge in [-0.05, 0) is 80.6 Å². The third-order valence-electron chi connectivity index (χ3n) is 13.7. The fourth-order valence-electron chi connectivity index (χ4n) is 9.65. The zero-order chi connectivity index (χ0) is 55.7. The Morgan fingerprint density at radius 2 is 1.62 bits per heavy atom. The maximum atomic E-state index is 16.0. The lowest BCUT2D eigenvalue weighted by Crippen LogP contribution is -2.48. The fourth-order valence-corrected chi connectivity index (χ4v) is 11.2. The number of carbonyl (C=O) groups excluding carboxylic acids is 3. The molecule has 0 saturated carbocycles. The van der Waals surface area contributed by atoms with Gasteiger partial charge in [0, 0.05) is 61.1 Å². The number of nitrogens with zero attached hydrogens (tertiary/aromatic N) is 6. The zero-order valence-electron chi connectivity index (χ0n) is 43.4. The first kappa shape index (κ1) is 56.7. The number of aliphatic hydroxyl groups is 1. The maximum Gasteiger partial charge on any atom is 0.243 e. The Morgan fingerprint density at radius 1 is 0.911 bits per heavy atom. The van der Waals surface area contributed by atoms with E-state index < -0.39 is 63.8 Å². The molecule has 0 bridgehead atoms. The number of H-pyrrole nitrogens is 1. The van der Waals surface area contributed by atoms with Gasteiger partial charge in [0.25, 0.3) is 0 Å². The van der Waals surface area contributed by atoms with E-state index in [1.165, 1.54) is 11.1 Å². The number of aryl methyl sites for hydroxylation is 2. The number of aromatic nitrogens is 4. The second-order valence-electron chi connectivity index (χ2n) is 19.2. The van der Waals surface area contributed by atoms with Crippen LogP contribution in [0.15, 0.2) is 95.2 Å². The number of amides is 2. The van der Waals surface area contributed by atoms with Crippen LogP contribution < -0.4 is 14.5 Å². The van der Waals surface area contributed by atoms with Crippen molar-refractivity contribution in [2.24, 2.45) is 0 Å². The lowest BCUT2D eigenvalue weighted by atomic mass is 9.99. The molecule has 418 valence electrons. The molecular formula is C55H59F3N8O11S2. The molecule has 3 N–H and O–H groups in total. The summed E-state index contributed by atoms with van der Waals surface area (Å²) in [6.07, 6.45) is 0.996. The smallest absolute Gasteiger partial charge is 0.243 e. The molecule has 19 nitrogen and oxygen atoms in total. The van der Waals surface area contributed by atoms with Gasteiger partial charge < -0.3 is 43.8 Å². The van der Waals surface area contributed by atoms with Crippen molar-refractivity contribution in [2.75, 3.05) is 70.3 Å². The highest BCUT2D eigenvalue weighted by molar-refractivity contribution is 7.73. The number of β-amino-alcohol motifs (C(OH)–C–C–N with tert-alkyl or cyclic N) is 1. The number of anilines is 1. The van der Waals surface area contributed by atoms with Gasteiger partial charge in [0.05, 0.1) is 79.1 Å². The highest BCUT2D eigenvalue weighted by Gasteiger charge is 2.43. The van der Waals surface area contributed by atoms with E-state index in [4.69, 9.17) is 23.5 Å². The Kier molecular flexibility index (Phi) is 18.5. The number of carbonyl (C=O) groups is 3. The van der Waals surface area contributed by atoms with Gasteiger partial charge in [-0.3, -0.25) is 14.4 Å². The van der Waals surface area contributed by atoms with Gasteiger partial charge in [-0.1, -0.05) is 41.6 Å². The number of likely N-dealkylation sites (tertiary alicyclic amines) is 1. The topological polar surface area (TPSA) is 232 Å². The van der Waals surface area contributed by atoms with E-state index in [-0.39, 0.29) is 106 Å². The minimum Gasteiger partial charge on any atom is -0.491 e. The number of nitrogens with one attached hydrogen (secondary N) is 2. The van der Waals surface area contributed by atoms with Gasteiger partial charge in [-0.2, -0.15) is 4.41 Å². The van der Waals surface area contributed by atoms with E-state index in [2.05, 4.69) is 25.4 Å². The Hall–Kier alpha value is -7.06. The molecule has 2 fully saturated rings. The van der Waals surface area contributed by atoms with Crippen LogP contribution in [0.5, 0.6) is 5.75 Å². The first-order chi connectivity index (χ1) is 38.1. The van der Waals surface area contributed by atoms with E-state index in [1.54, 1.807) is 60.9 Å². The normalized spacial score (nSPS) is 17.4. The fraction of sp³-hybridized carbons (Fsp3) is 0.382. The summed E-state index contributed by atoms with van der Waals surface area (Å²) >= 11 is 1.56. The summed E-state index contributed by atoms with van der Waals surface area (Å²) < 4.78 is 98.7. The van der Waals surface area contributed by atoms with Crippen molar-refractivity contribution in [3.63, 3.8) is 0 Å². The average molecular weight is 1130 g/mol. The number of alkyl halides is 1. The molecule has 2 aliphatic heterocycles. The number of aromatic amines is 1. The second kappa shape index (κ2) is 25.8. The molecule has 79 heavy (non-hydrogen) atoms. The molecule has 7 aromatic rings. The van der Waals surface area contributed by atoms with E-state index in [0.717, 1.165) is 38.8 Å². The van der Waals surface area contributed by atoms with Crippen LogP contribution in [-0.2, 0) is 34.7 Å². The maximum absolute atomic E-state index is 16.0. The molecular weight excluding hydrogens is 1070 g/mol. The predicted molar refractivity (Wildman–Crippen MR) is 287 cm³/mol. The number of aliphatic hydroxyl groups excluding tert-OH is 1. The Balaban J connectivity index is 0.692. The lowest BCUT2D eigenvalue weighted by molar-refractivity contribution is -0.140. The Morgan fingerprint density at radius 3 is 2.28 bits per heavy atom. The van der Waals surface area contributed by atoms with E-state index in [1.807, 2.05) is 43.6 Å². The summed E-state index contributed by atoms with van der Waals surface area (Å²) in [4.78, 5) is 55.7. The quantitative estimate of drug-likeness (QED) is 0.0252. The molecule has 6 heterocycles. The number of rotatable bonds is 25. The van der Waals surface area contributed by atoms with Crippen LogP contribution in [0.3, 0.4) is 0 Å². The van der Waals surface area contributed by atoms with Crippen molar-refractivity contribution in [2.45, 2.75) is 70.3 Å². The van der Waals surface area contributed by atoms with Crippen LogP contribution in [0.4, 0.5) is 18.9 Å². The zero-order valence-corrected chi connectivity index (χ0v) is 45.2. The molecule has 0 aliphatic carbocycles. The number of thiol groups is 1. The second-order valence-corrected chi connectivity index (χ2v) is 20.9. The van der Waals surface area contributed by atoms with Gasteiger partial charge in [0.1, 0.15) is 53.4 Å². The third kappa shape index (κ3) is 13.3. The molecule has 0 unspecified atom stereocenters. The summed E-state index contributed by atoms with van der Waals surface area (Å²) in [6.45, 7) is 7.05. The number of hydrogen-bond donors (Lipinski definition) is 4. The van der Waals surface area contributed by atoms with Crippen LogP contribution in [0.1, 0.15) is 76.8 Å². The number of halogens is 3. The van der Waals surface area contributed by atoms with E-state index >= 15 is 8.78 Å². The summed E-state index contributed by atoms with van der Waals surface area (Å²) in [5, 5.41) is 19.1. The monoisotopic (exact) mass is 1130 g/mol. The summed E-state index contributed by atoms with van der Waals surface area (Å²) in [5.41, 5.74) is 5.19. The third-order valence-corrected chi connectivity index (χ3v) is 15.5. The highest BCUT2D eigenvalue weighted by Crippen LogP contribution is 2.34. The molecule has 2 amide bonds. The number of hydrazine groups is 1. The van der Waals surface area contributed by atoms with Crippen molar-refractivity contribution in [3.8, 4) is 27.3 Å². The molecule has 9 rings (SSSR count). The van der Waals surface area contributed by atoms with Gasteiger partial charge in [0.2, 0.25) is 28.5 Å².